The van der Waals surface area contributed by atoms with E-state index in [9.17, 15) is 13.2 Å². The van der Waals surface area contributed by atoms with Gasteiger partial charge in [-0.05, 0) is 32.9 Å². The van der Waals surface area contributed by atoms with Gasteiger partial charge in [0, 0.05) is 25.0 Å². The van der Waals surface area contributed by atoms with E-state index in [1.54, 1.807) is 42.0 Å². The molecule has 6 nitrogen and oxygen atoms in total. The Kier molecular flexibility index (Phi) is 4.21. The summed E-state index contributed by atoms with van der Waals surface area (Å²) in [6.07, 6.45) is 5.09. The van der Waals surface area contributed by atoms with Gasteiger partial charge in [0.05, 0.1) is 28.6 Å². The minimum absolute atomic E-state index is 0.0104. The lowest BCUT2D eigenvalue weighted by Crippen LogP contribution is -2.54. The second-order valence-corrected chi connectivity index (χ2v) is 8.78. The highest BCUT2D eigenvalue weighted by Gasteiger charge is 2.38. The molecule has 0 saturated carbocycles. The first-order valence-corrected chi connectivity index (χ1v) is 9.64. The number of nitrogens with zero attached hydrogens (tertiary/aromatic N) is 3. The fourth-order valence-corrected chi connectivity index (χ4v) is 4.63. The lowest BCUT2D eigenvalue weighted by Gasteiger charge is -2.37. The van der Waals surface area contributed by atoms with E-state index in [4.69, 9.17) is 0 Å². The zero-order valence-corrected chi connectivity index (χ0v) is 14.8. The maximum Gasteiger partial charge on any atom is 0.256 e. The first-order chi connectivity index (χ1) is 11.3. The van der Waals surface area contributed by atoms with Crippen LogP contribution in [0.3, 0.4) is 0 Å². The van der Waals surface area contributed by atoms with Gasteiger partial charge in [-0.25, -0.2) is 13.4 Å². The molecule has 0 radical (unpaired) electrons. The molecule has 128 valence electrons. The SMILES string of the molecule is Cc1ccc(-n2ccnc2)c(C(=O)N2CCS(=O)(=O)[C@@H](C)[C@H]2C)c1. The van der Waals surface area contributed by atoms with Gasteiger partial charge >= 0.3 is 0 Å². The molecule has 24 heavy (non-hydrogen) atoms. The molecule has 1 aromatic carbocycles. The number of carbonyl (C=O) groups is 1. The van der Waals surface area contributed by atoms with Crippen molar-refractivity contribution < 1.29 is 13.2 Å². The van der Waals surface area contributed by atoms with Crippen LogP contribution in [0.15, 0.2) is 36.9 Å². The van der Waals surface area contributed by atoms with Gasteiger partial charge < -0.3 is 9.47 Å². The van der Waals surface area contributed by atoms with Crippen molar-refractivity contribution >= 4 is 15.7 Å². The van der Waals surface area contributed by atoms with Gasteiger partial charge in [0.15, 0.2) is 9.84 Å². The van der Waals surface area contributed by atoms with Gasteiger partial charge in [-0.3, -0.25) is 4.79 Å². The number of aryl methyl sites for hydroxylation is 1. The van der Waals surface area contributed by atoms with Crippen LogP contribution >= 0.6 is 0 Å². The van der Waals surface area contributed by atoms with Crippen molar-refractivity contribution in [2.75, 3.05) is 12.3 Å². The molecule has 7 heteroatoms. The van der Waals surface area contributed by atoms with Crippen LogP contribution < -0.4 is 0 Å². The van der Waals surface area contributed by atoms with E-state index in [1.807, 2.05) is 25.1 Å². The highest BCUT2D eigenvalue weighted by atomic mass is 32.2. The highest BCUT2D eigenvalue weighted by Crippen LogP contribution is 2.24. The molecule has 0 unspecified atom stereocenters. The summed E-state index contributed by atoms with van der Waals surface area (Å²) in [6.45, 7) is 5.63. The Morgan fingerprint density at radius 2 is 2.04 bits per heavy atom. The number of sulfone groups is 1. The summed E-state index contributed by atoms with van der Waals surface area (Å²) < 4.78 is 25.9. The van der Waals surface area contributed by atoms with Crippen LogP contribution in [0.25, 0.3) is 5.69 Å². The predicted octanol–water partition coefficient (Wildman–Crippen LogP) is 1.83. The Morgan fingerprint density at radius 1 is 1.29 bits per heavy atom. The van der Waals surface area contributed by atoms with E-state index in [0.717, 1.165) is 11.3 Å². The number of aromatic nitrogens is 2. The molecule has 1 saturated heterocycles. The van der Waals surface area contributed by atoms with Crippen LogP contribution in [0.1, 0.15) is 29.8 Å². The van der Waals surface area contributed by atoms with E-state index >= 15 is 0 Å². The fraction of sp³-hybridized carbons (Fsp3) is 0.412. The van der Waals surface area contributed by atoms with Gasteiger partial charge in [-0.1, -0.05) is 11.6 Å². The standard InChI is InChI=1S/C17H21N3O3S/c1-12-4-5-16(19-7-6-18-11-19)15(10-12)17(21)20-8-9-24(22,23)14(3)13(20)2/h4-7,10-11,13-14H,8-9H2,1-3H3/t13-,14+/m1/s1. The number of amides is 1. The number of carbonyl (C=O) groups excluding carboxylic acids is 1. The van der Waals surface area contributed by atoms with Crippen LogP contribution in [-0.2, 0) is 9.84 Å². The Balaban J connectivity index is 2.00. The third-order valence-electron chi connectivity index (χ3n) is 4.78. The van der Waals surface area contributed by atoms with Crippen LogP contribution in [0.5, 0.6) is 0 Å². The highest BCUT2D eigenvalue weighted by molar-refractivity contribution is 7.92. The predicted molar refractivity (Wildman–Crippen MR) is 92.0 cm³/mol. The molecule has 3 rings (SSSR count). The molecular weight excluding hydrogens is 326 g/mol. The van der Waals surface area contributed by atoms with Crippen molar-refractivity contribution in [1.82, 2.24) is 14.5 Å². The van der Waals surface area contributed by atoms with Crippen molar-refractivity contribution in [3.63, 3.8) is 0 Å². The Morgan fingerprint density at radius 3 is 2.71 bits per heavy atom. The van der Waals surface area contributed by atoms with E-state index in [2.05, 4.69) is 4.98 Å². The fourth-order valence-electron chi connectivity index (χ4n) is 3.06. The van der Waals surface area contributed by atoms with Crippen molar-refractivity contribution in [2.24, 2.45) is 0 Å². The number of benzene rings is 1. The summed E-state index contributed by atoms with van der Waals surface area (Å²) >= 11 is 0. The molecule has 1 aliphatic rings. The van der Waals surface area contributed by atoms with E-state index in [-0.39, 0.29) is 24.2 Å². The molecule has 1 fully saturated rings. The second kappa shape index (κ2) is 6.05. The molecule has 0 aliphatic carbocycles. The minimum Gasteiger partial charge on any atom is -0.334 e. The van der Waals surface area contributed by atoms with E-state index in [0.29, 0.717) is 5.56 Å². The first-order valence-electron chi connectivity index (χ1n) is 7.93. The molecule has 2 heterocycles. The third kappa shape index (κ3) is 2.84. The van der Waals surface area contributed by atoms with Crippen LogP contribution in [0.4, 0.5) is 0 Å². The van der Waals surface area contributed by atoms with Crippen LogP contribution in [0, 0.1) is 6.92 Å². The normalized spacial score (nSPS) is 23.2. The van der Waals surface area contributed by atoms with Gasteiger partial charge in [-0.2, -0.15) is 0 Å². The smallest absolute Gasteiger partial charge is 0.256 e. The lowest BCUT2D eigenvalue weighted by atomic mass is 10.1. The minimum atomic E-state index is -3.13. The van der Waals surface area contributed by atoms with Crippen LogP contribution in [-0.4, -0.2) is 52.4 Å². The lowest BCUT2D eigenvalue weighted by molar-refractivity contribution is 0.0693. The van der Waals surface area contributed by atoms with Gasteiger partial charge in [0.2, 0.25) is 0 Å². The molecular formula is C17H21N3O3S. The van der Waals surface area contributed by atoms with Gasteiger partial charge in [0.1, 0.15) is 0 Å². The third-order valence-corrected chi connectivity index (χ3v) is 7.06. The van der Waals surface area contributed by atoms with Crippen molar-refractivity contribution in [3.8, 4) is 5.69 Å². The monoisotopic (exact) mass is 347 g/mol. The molecule has 0 N–H and O–H groups in total. The van der Waals surface area contributed by atoms with Gasteiger partial charge in [-0.15, -0.1) is 0 Å². The topological polar surface area (TPSA) is 72.3 Å². The van der Waals surface area contributed by atoms with Crippen molar-refractivity contribution in [1.29, 1.82) is 0 Å². The van der Waals surface area contributed by atoms with E-state index in [1.165, 1.54) is 0 Å². The molecule has 2 atom stereocenters. The molecule has 0 bridgehead atoms. The average molecular weight is 347 g/mol. The zero-order chi connectivity index (χ0) is 17.5. The maximum absolute atomic E-state index is 13.1. The van der Waals surface area contributed by atoms with E-state index < -0.39 is 15.1 Å². The summed E-state index contributed by atoms with van der Waals surface area (Å²) in [5, 5.41) is -0.559. The number of imidazole rings is 1. The summed E-state index contributed by atoms with van der Waals surface area (Å²) in [5.74, 6) is -0.132. The largest absolute Gasteiger partial charge is 0.334 e. The summed E-state index contributed by atoms with van der Waals surface area (Å²) in [4.78, 5) is 18.8. The van der Waals surface area contributed by atoms with Gasteiger partial charge in [0.25, 0.3) is 5.91 Å². The zero-order valence-electron chi connectivity index (χ0n) is 14.0. The molecule has 1 aliphatic heterocycles. The maximum atomic E-state index is 13.1. The molecule has 1 amide bonds. The number of hydrogen-bond acceptors (Lipinski definition) is 4. The average Bonchev–Trinajstić information content (AvgIpc) is 3.06. The number of hydrogen-bond donors (Lipinski definition) is 0. The Labute approximate surface area is 142 Å². The second-order valence-electron chi connectivity index (χ2n) is 6.30. The van der Waals surface area contributed by atoms with Crippen molar-refractivity contribution in [3.05, 3.63) is 48.0 Å². The number of rotatable bonds is 2. The first kappa shape index (κ1) is 16.7. The molecule has 0 spiro atoms. The summed E-state index contributed by atoms with van der Waals surface area (Å²) in [5.41, 5.74) is 2.29. The van der Waals surface area contributed by atoms with Crippen molar-refractivity contribution in [2.45, 2.75) is 32.1 Å². The van der Waals surface area contributed by atoms with Crippen LogP contribution in [0.2, 0.25) is 0 Å². The summed E-state index contributed by atoms with van der Waals surface area (Å²) in [6, 6.07) is 5.32. The quantitative estimate of drug-likeness (QED) is 0.831. The molecule has 1 aromatic heterocycles. The Bertz CT molecular complexity index is 859. The molecule has 2 aromatic rings. The summed E-state index contributed by atoms with van der Waals surface area (Å²) in [7, 11) is -3.13. The Hall–Kier alpha value is -2.15.